The van der Waals surface area contributed by atoms with Crippen molar-refractivity contribution in [2.45, 2.75) is 32.6 Å². The number of nitrogens with zero attached hydrogens (tertiary/aromatic N) is 1. The van der Waals surface area contributed by atoms with Crippen LogP contribution in [0.1, 0.15) is 31.7 Å². The van der Waals surface area contributed by atoms with Crippen LogP contribution in [-0.2, 0) is 6.42 Å². The van der Waals surface area contributed by atoms with Crippen LogP contribution >= 0.6 is 0 Å². The van der Waals surface area contributed by atoms with E-state index in [0.717, 1.165) is 19.3 Å². The molecule has 0 aliphatic heterocycles. The first-order valence-corrected chi connectivity index (χ1v) is 5.69. The van der Waals surface area contributed by atoms with Gasteiger partial charge in [-0.25, -0.2) is 0 Å². The van der Waals surface area contributed by atoms with Crippen LogP contribution in [0.25, 0.3) is 0 Å². The van der Waals surface area contributed by atoms with Crippen molar-refractivity contribution in [1.29, 1.82) is 5.26 Å². The van der Waals surface area contributed by atoms with Crippen LogP contribution in [0, 0.1) is 22.7 Å². The molecule has 0 radical (unpaired) electrons. The zero-order chi connectivity index (χ0) is 10.7. The molecular formula is C14H17N. The van der Waals surface area contributed by atoms with Crippen molar-refractivity contribution in [3.05, 3.63) is 35.9 Å². The van der Waals surface area contributed by atoms with Crippen molar-refractivity contribution >= 4 is 0 Å². The fourth-order valence-corrected chi connectivity index (χ4v) is 2.68. The Morgan fingerprint density at radius 2 is 2.13 bits per heavy atom. The van der Waals surface area contributed by atoms with Gasteiger partial charge in [-0.2, -0.15) is 5.26 Å². The SMILES string of the molecule is CC1CCC(C#N)(Cc2ccccc2)C1. The molecule has 1 aromatic rings. The number of rotatable bonds is 2. The van der Waals surface area contributed by atoms with Crippen LogP contribution in [0.2, 0.25) is 0 Å². The predicted octanol–water partition coefficient (Wildman–Crippen LogP) is 3.56. The lowest BCUT2D eigenvalue weighted by molar-refractivity contribution is 0.391. The van der Waals surface area contributed by atoms with E-state index >= 15 is 0 Å². The summed E-state index contributed by atoms with van der Waals surface area (Å²) in [7, 11) is 0. The van der Waals surface area contributed by atoms with Crippen molar-refractivity contribution < 1.29 is 0 Å². The van der Waals surface area contributed by atoms with E-state index in [2.05, 4.69) is 37.3 Å². The van der Waals surface area contributed by atoms with E-state index in [1.807, 2.05) is 6.07 Å². The number of hydrogen-bond donors (Lipinski definition) is 0. The zero-order valence-corrected chi connectivity index (χ0v) is 9.24. The van der Waals surface area contributed by atoms with Gasteiger partial charge in [0.2, 0.25) is 0 Å². The monoisotopic (exact) mass is 199 g/mol. The minimum Gasteiger partial charge on any atom is -0.198 e. The molecule has 0 bridgehead atoms. The molecule has 1 aromatic carbocycles. The maximum atomic E-state index is 9.35. The lowest BCUT2D eigenvalue weighted by atomic mass is 9.81. The summed E-state index contributed by atoms with van der Waals surface area (Å²) in [6.07, 6.45) is 4.27. The Morgan fingerprint density at radius 1 is 1.40 bits per heavy atom. The first-order valence-electron chi connectivity index (χ1n) is 5.69. The standard InChI is InChI=1S/C14H17N/c1-12-7-8-14(9-12,11-15)10-13-5-3-2-4-6-13/h2-6,12H,7-10H2,1H3. The molecule has 1 heteroatoms. The van der Waals surface area contributed by atoms with Crippen LogP contribution < -0.4 is 0 Å². The third kappa shape index (κ3) is 2.21. The predicted molar refractivity (Wildman–Crippen MR) is 61.2 cm³/mol. The first-order chi connectivity index (χ1) is 7.24. The highest BCUT2D eigenvalue weighted by atomic mass is 14.4. The van der Waals surface area contributed by atoms with E-state index < -0.39 is 0 Å². The fourth-order valence-electron chi connectivity index (χ4n) is 2.68. The molecule has 2 atom stereocenters. The summed E-state index contributed by atoms with van der Waals surface area (Å²) < 4.78 is 0. The van der Waals surface area contributed by atoms with Gasteiger partial charge in [0.1, 0.15) is 0 Å². The molecular weight excluding hydrogens is 182 g/mol. The lowest BCUT2D eigenvalue weighted by Crippen LogP contribution is -2.17. The Hall–Kier alpha value is -1.29. The Balaban J connectivity index is 2.14. The van der Waals surface area contributed by atoms with Gasteiger partial charge in [-0.15, -0.1) is 0 Å². The van der Waals surface area contributed by atoms with Crippen LogP contribution in [-0.4, -0.2) is 0 Å². The average Bonchev–Trinajstić information content (AvgIpc) is 2.62. The minimum atomic E-state index is -0.0826. The fraction of sp³-hybridized carbons (Fsp3) is 0.500. The highest BCUT2D eigenvalue weighted by Crippen LogP contribution is 2.43. The van der Waals surface area contributed by atoms with Crippen molar-refractivity contribution in [1.82, 2.24) is 0 Å². The van der Waals surface area contributed by atoms with Crippen LogP contribution in [0.3, 0.4) is 0 Å². The largest absolute Gasteiger partial charge is 0.198 e. The molecule has 0 N–H and O–H groups in total. The van der Waals surface area contributed by atoms with E-state index in [4.69, 9.17) is 0 Å². The van der Waals surface area contributed by atoms with Gasteiger partial charge >= 0.3 is 0 Å². The minimum absolute atomic E-state index is 0.0826. The topological polar surface area (TPSA) is 23.8 Å². The van der Waals surface area contributed by atoms with Crippen molar-refractivity contribution in [2.24, 2.45) is 11.3 Å². The van der Waals surface area contributed by atoms with E-state index in [0.29, 0.717) is 5.92 Å². The molecule has 15 heavy (non-hydrogen) atoms. The highest BCUT2D eigenvalue weighted by Gasteiger charge is 2.37. The van der Waals surface area contributed by atoms with Crippen molar-refractivity contribution in [2.75, 3.05) is 0 Å². The Morgan fingerprint density at radius 3 is 2.67 bits per heavy atom. The van der Waals surface area contributed by atoms with Gasteiger partial charge in [0, 0.05) is 0 Å². The second-order valence-electron chi connectivity index (χ2n) is 4.90. The molecule has 1 nitrogen and oxygen atoms in total. The second kappa shape index (κ2) is 4.06. The van der Waals surface area contributed by atoms with Crippen LogP contribution in [0.4, 0.5) is 0 Å². The van der Waals surface area contributed by atoms with Crippen molar-refractivity contribution in [3.8, 4) is 6.07 Å². The second-order valence-corrected chi connectivity index (χ2v) is 4.90. The summed E-state index contributed by atoms with van der Waals surface area (Å²) in [5.41, 5.74) is 1.22. The van der Waals surface area contributed by atoms with E-state index in [1.165, 1.54) is 12.0 Å². The lowest BCUT2D eigenvalue weighted by Gasteiger charge is -2.20. The molecule has 0 aromatic heterocycles. The molecule has 1 aliphatic rings. The average molecular weight is 199 g/mol. The molecule has 0 spiro atoms. The zero-order valence-electron chi connectivity index (χ0n) is 9.24. The van der Waals surface area contributed by atoms with Crippen LogP contribution in [0.5, 0.6) is 0 Å². The number of benzene rings is 1. The molecule has 2 unspecified atom stereocenters. The van der Waals surface area contributed by atoms with E-state index in [9.17, 15) is 5.26 Å². The maximum absolute atomic E-state index is 9.35. The third-order valence-corrected chi connectivity index (χ3v) is 3.48. The van der Waals surface area contributed by atoms with Gasteiger partial charge in [0.05, 0.1) is 11.5 Å². The molecule has 2 rings (SSSR count). The van der Waals surface area contributed by atoms with Gasteiger partial charge < -0.3 is 0 Å². The quantitative estimate of drug-likeness (QED) is 0.714. The maximum Gasteiger partial charge on any atom is 0.0693 e. The van der Waals surface area contributed by atoms with Gasteiger partial charge in [0.25, 0.3) is 0 Å². The van der Waals surface area contributed by atoms with Gasteiger partial charge in [-0.05, 0) is 37.2 Å². The van der Waals surface area contributed by atoms with Gasteiger partial charge in [-0.1, -0.05) is 37.3 Å². The number of hydrogen-bond acceptors (Lipinski definition) is 1. The Labute approximate surface area is 91.7 Å². The smallest absolute Gasteiger partial charge is 0.0693 e. The number of nitriles is 1. The molecule has 0 heterocycles. The van der Waals surface area contributed by atoms with Crippen molar-refractivity contribution in [3.63, 3.8) is 0 Å². The van der Waals surface area contributed by atoms with E-state index in [-0.39, 0.29) is 5.41 Å². The molecule has 0 saturated heterocycles. The summed E-state index contributed by atoms with van der Waals surface area (Å²) in [6, 6.07) is 12.9. The molecule has 1 saturated carbocycles. The Kier molecular flexibility index (Phi) is 2.77. The van der Waals surface area contributed by atoms with Gasteiger partial charge in [0.15, 0.2) is 0 Å². The summed E-state index contributed by atoms with van der Waals surface area (Å²) in [5, 5.41) is 9.35. The summed E-state index contributed by atoms with van der Waals surface area (Å²) in [4.78, 5) is 0. The van der Waals surface area contributed by atoms with E-state index in [1.54, 1.807) is 0 Å². The normalized spacial score (nSPS) is 30.0. The summed E-state index contributed by atoms with van der Waals surface area (Å²) >= 11 is 0. The van der Waals surface area contributed by atoms with Gasteiger partial charge in [-0.3, -0.25) is 0 Å². The summed E-state index contributed by atoms with van der Waals surface area (Å²) in [6.45, 7) is 2.25. The Bertz CT molecular complexity index is 363. The first kappa shape index (κ1) is 10.2. The highest BCUT2D eigenvalue weighted by molar-refractivity contribution is 5.20. The van der Waals surface area contributed by atoms with Crippen LogP contribution in [0.15, 0.2) is 30.3 Å². The molecule has 1 fully saturated rings. The molecule has 1 aliphatic carbocycles. The molecule has 0 amide bonds. The summed E-state index contributed by atoms with van der Waals surface area (Å²) in [5.74, 6) is 0.716. The third-order valence-electron chi connectivity index (χ3n) is 3.48. The molecule has 78 valence electrons.